The van der Waals surface area contributed by atoms with Crippen LogP contribution in [0.1, 0.15) is 12.5 Å². The highest BCUT2D eigenvalue weighted by Gasteiger charge is 1.85. The first-order chi connectivity index (χ1) is 7.36. The smallest absolute Gasteiger partial charge is 0.0273 e. The summed E-state index contributed by atoms with van der Waals surface area (Å²) in [6.07, 6.45) is 15.5. The van der Waals surface area contributed by atoms with E-state index in [1.165, 1.54) is 0 Å². The Labute approximate surface area is 91.2 Å². The van der Waals surface area contributed by atoms with Gasteiger partial charge in [-0.15, -0.1) is 0 Å². The zero-order valence-electron chi connectivity index (χ0n) is 8.93. The predicted octanol–water partition coefficient (Wildman–Crippen LogP) is 3.78. The lowest BCUT2D eigenvalue weighted by molar-refractivity contribution is 1.32. The van der Waals surface area contributed by atoms with Crippen molar-refractivity contribution in [3.05, 3.63) is 72.6 Å². The van der Waals surface area contributed by atoms with E-state index < -0.39 is 0 Å². The van der Waals surface area contributed by atoms with Crippen LogP contribution in [0.3, 0.4) is 0 Å². The van der Waals surface area contributed by atoms with E-state index in [1.54, 1.807) is 18.5 Å². The third kappa shape index (κ3) is 4.23. The van der Waals surface area contributed by atoms with Gasteiger partial charge in [0.1, 0.15) is 0 Å². The molecule has 0 aliphatic carbocycles. The molecular weight excluding hydrogens is 182 g/mol. The lowest BCUT2D eigenvalue weighted by atomic mass is 10.1. The van der Waals surface area contributed by atoms with Crippen LogP contribution in [0.5, 0.6) is 0 Å². The van der Waals surface area contributed by atoms with Crippen molar-refractivity contribution >= 4 is 6.08 Å². The SMILES string of the molecule is C=CC=C(C=CC)C=Cc1ccncc1. The average molecular weight is 197 g/mol. The number of allylic oxidation sites excluding steroid dienone is 6. The van der Waals surface area contributed by atoms with Crippen LogP contribution in [0, 0.1) is 0 Å². The Balaban J connectivity index is 2.79. The number of hydrogen-bond donors (Lipinski definition) is 0. The molecule has 0 fully saturated rings. The first-order valence-electron chi connectivity index (χ1n) is 4.90. The van der Waals surface area contributed by atoms with Crippen LogP contribution in [0.4, 0.5) is 0 Å². The summed E-state index contributed by atoms with van der Waals surface area (Å²) < 4.78 is 0. The van der Waals surface area contributed by atoms with Crippen molar-refractivity contribution in [3.8, 4) is 0 Å². The van der Waals surface area contributed by atoms with Crippen LogP contribution in [-0.4, -0.2) is 4.98 Å². The molecule has 1 rings (SSSR count). The Morgan fingerprint density at radius 1 is 1.27 bits per heavy atom. The summed E-state index contributed by atoms with van der Waals surface area (Å²) >= 11 is 0. The van der Waals surface area contributed by atoms with Gasteiger partial charge in [0.25, 0.3) is 0 Å². The van der Waals surface area contributed by atoms with Crippen molar-refractivity contribution in [2.24, 2.45) is 0 Å². The summed E-state index contributed by atoms with van der Waals surface area (Å²) in [5.41, 5.74) is 2.27. The quantitative estimate of drug-likeness (QED) is 0.669. The second-order valence-corrected chi connectivity index (χ2v) is 3.02. The van der Waals surface area contributed by atoms with Crippen LogP contribution < -0.4 is 0 Å². The van der Waals surface area contributed by atoms with Gasteiger partial charge in [0, 0.05) is 12.4 Å². The van der Waals surface area contributed by atoms with Crippen molar-refractivity contribution in [2.45, 2.75) is 6.92 Å². The number of aromatic nitrogens is 1. The second kappa shape index (κ2) is 6.55. The Morgan fingerprint density at radius 3 is 2.60 bits per heavy atom. The molecule has 15 heavy (non-hydrogen) atoms. The highest BCUT2D eigenvalue weighted by atomic mass is 14.6. The minimum Gasteiger partial charge on any atom is -0.265 e. The highest BCUT2D eigenvalue weighted by molar-refractivity contribution is 5.54. The number of rotatable bonds is 4. The van der Waals surface area contributed by atoms with E-state index in [1.807, 2.05) is 37.3 Å². The molecule has 0 amide bonds. The number of hydrogen-bond acceptors (Lipinski definition) is 1. The maximum atomic E-state index is 3.97. The van der Waals surface area contributed by atoms with E-state index in [0.29, 0.717) is 0 Å². The van der Waals surface area contributed by atoms with Gasteiger partial charge in [-0.1, -0.05) is 43.0 Å². The van der Waals surface area contributed by atoms with Gasteiger partial charge >= 0.3 is 0 Å². The molecule has 0 radical (unpaired) electrons. The molecule has 0 aromatic carbocycles. The molecule has 0 bridgehead atoms. The van der Waals surface area contributed by atoms with Crippen LogP contribution in [0.25, 0.3) is 6.08 Å². The molecule has 1 aromatic heterocycles. The molecule has 0 saturated carbocycles. The van der Waals surface area contributed by atoms with Crippen LogP contribution in [0.2, 0.25) is 0 Å². The molecule has 0 saturated heterocycles. The fourth-order valence-electron chi connectivity index (χ4n) is 1.16. The Bertz CT molecular complexity index is 383. The van der Waals surface area contributed by atoms with E-state index in [2.05, 4.69) is 23.7 Å². The van der Waals surface area contributed by atoms with E-state index in [9.17, 15) is 0 Å². The third-order valence-corrected chi connectivity index (χ3v) is 1.84. The summed E-state index contributed by atoms with van der Waals surface area (Å²) in [5, 5.41) is 0. The summed E-state index contributed by atoms with van der Waals surface area (Å²) in [5.74, 6) is 0. The third-order valence-electron chi connectivity index (χ3n) is 1.84. The molecule has 1 aromatic rings. The number of nitrogens with zero attached hydrogens (tertiary/aromatic N) is 1. The largest absolute Gasteiger partial charge is 0.265 e. The molecule has 0 aliphatic heterocycles. The molecule has 1 heteroatoms. The van der Waals surface area contributed by atoms with E-state index in [0.717, 1.165) is 11.1 Å². The zero-order valence-corrected chi connectivity index (χ0v) is 8.93. The summed E-state index contributed by atoms with van der Waals surface area (Å²) in [6, 6.07) is 3.94. The highest BCUT2D eigenvalue weighted by Crippen LogP contribution is 2.05. The molecule has 76 valence electrons. The summed E-state index contributed by atoms with van der Waals surface area (Å²) in [4.78, 5) is 3.97. The standard InChI is InChI=1S/C14H15N/c1-3-5-13(6-4-2)7-8-14-9-11-15-12-10-14/h3-12H,1H2,2H3. The Morgan fingerprint density at radius 2 is 2.00 bits per heavy atom. The Kier molecular flexibility index (Phi) is 4.88. The molecule has 0 spiro atoms. The van der Waals surface area contributed by atoms with Crippen LogP contribution in [0.15, 0.2) is 67.1 Å². The molecule has 0 unspecified atom stereocenters. The van der Waals surface area contributed by atoms with Crippen LogP contribution in [-0.2, 0) is 0 Å². The van der Waals surface area contributed by atoms with Crippen LogP contribution >= 0.6 is 0 Å². The first kappa shape index (κ1) is 11.2. The lowest BCUT2D eigenvalue weighted by Gasteiger charge is -1.93. The molecule has 1 nitrogen and oxygen atoms in total. The Hall–Kier alpha value is -1.89. The van der Waals surface area contributed by atoms with E-state index >= 15 is 0 Å². The molecule has 0 aliphatic rings. The summed E-state index contributed by atoms with van der Waals surface area (Å²) in [6.45, 7) is 5.68. The maximum absolute atomic E-state index is 3.97. The normalized spacial score (nSPS) is 12.5. The van der Waals surface area contributed by atoms with Gasteiger partial charge in [-0.3, -0.25) is 4.98 Å². The topological polar surface area (TPSA) is 12.9 Å². The average Bonchev–Trinajstić information content (AvgIpc) is 2.28. The van der Waals surface area contributed by atoms with Gasteiger partial charge < -0.3 is 0 Å². The van der Waals surface area contributed by atoms with Gasteiger partial charge in [-0.2, -0.15) is 0 Å². The molecular formula is C14H15N. The lowest BCUT2D eigenvalue weighted by Crippen LogP contribution is -1.74. The van der Waals surface area contributed by atoms with Crippen molar-refractivity contribution in [1.82, 2.24) is 4.98 Å². The van der Waals surface area contributed by atoms with Crippen molar-refractivity contribution < 1.29 is 0 Å². The van der Waals surface area contributed by atoms with Crippen molar-refractivity contribution in [3.63, 3.8) is 0 Å². The van der Waals surface area contributed by atoms with Gasteiger partial charge in [-0.05, 0) is 30.2 Å². The van der Waals surface area contributed by atoms with E-state index in [-0.39, 0.29) is 0 Å². The fourth-order valence-corrected chi connectivity index (χ4v) is 1.16. The van der Waals surface area contributed by atoms with Crippen molar-refractivity contribution in [1.29, 1.82) is 0 Å². The minimum atomic E-state index is 1.13. The van der Waals surface area contributed by atoms with Gasteiger partial charge in [0.2, 0.25) is 0 Å². The van der Waals surface area contributed by atoms with Gasteiger partial charge in [0.15, 0.2) is 0 Å². The van der Waals surface area contributed by atoms with Crippen molar-refractivity contribution in [2.75, 3.05) is 0 Å². The van der Waals surface area contributed by atoms with Gasteiger partial charge in [0.05, 0.1) is 0 Å². The van der Waals surface area contributed by atoms with Gasteiger partial charge in [-0.25, -0.2) is 0 Å². The zero-order chi connectivity index (χ0) is 10.9. The molecule has 1 heterocycles. The monoisotopic (exact) mass is 197 g/mol. The number of pyridine rings is 1. The minimum absolute atomic E-state index is 1.13. The summed E-state index contributed by atoms with van der Waals surface area (Å²) in [7, 11) is 0. The maximum Gasteiger partial charge on any atom is 0.0273 e. The molecule has 0 N–H and O–H groups in total. The molecule has 0 atom stereocenters. The van der Waals surface area contributed by atoms with E-state index in [4.69, 9.17) is 0 Å². The predicted molar refractivity (Wildman–Crippen MR) is 66.4 cm³/mol. The first-order valence-corrected chi connectivity index (χ1v) is 4.90. The fraction of sp³-hybridized carbons (Fsp3) is 0.0714. The second-order valence-electron chi connectivity index (χ2n) is 3.02.